The lowest BCUT2D eigenvalue weighted by atomic mass is 9.78. The molecular weight excluding hydrogens is 272 g/mol. The van der Waals surface area contributed by atoms with Crippen LogP contribution in [0.25, 0.3) is 0 Å². The van der Waals surface area contributed by atoms with Gasteiger partial charge < -0.3 is 15.4 Å². The second-order valence-corrected chi connectivity index (χ2v) is 6.91. The van der Waals surface area contributed by atoms with Crippen molar-refractivity contribution in [2.45, 2.75) is 52.0 Å². The lowest BCUT2D eigenvalue weighted by Gasteiger charge is -2.39. The molecule has 5 heteroatoms. The van der Waals surface area contributed by atoms with Crippen LogP contribution in [0.1, 0.15) is 46.0 Å². The molecule has 0 unspecified atom stereocenters. The molecule has 1 aliphatic carbocycles. The van der Waals surface area contributed by atoms with Gasteiger partial charge in [0.15, 0.2) is 0 Å². The normalized spacial score (nSPS) is 21.8. The quantitative estimate of drug-likeness (QED) is 0.763. The molecule has 1 amide bonds. The van der Waals surface area contributed by atoms with Crippen LogP contribution in [0.5, 0.6) is 0 Å². The van der Waals surface area contributed by atoms with E-state index < -0.39 is 5.41 Å². The molecule has 0 atom stereocenters. The predicted molar refractivity (Wildman–Crippen MR) is 83.5 cm³/mol. The highest BCUT2D eigenvalue weighted by Gasteiger charge is 2.48. The van der Waals surface area contributed by atoms with Crippen LogP contribution in [0.2, 0.25) is 0 Å². The van der Waals surface area contributed by atoms with Gasteiger partial charge in [0.1, 0.15) is 5.41 Å². The summed E-state index contributed by atoms with van der Waals surface area (Å²) in [6.07, 6.45) is 4.53. The Hall–Kier alpha value is -0.680. The van der Waals surface area contributed by atoms with E-state index in [9.17, 15) is 4.79 Å². The lowest BCUT2D eigenvalue weighted by molar-refractivity contribution is -0.143. The van der Waals surface area contributed by atoms with Gasteiger partial charge >= 0.3 is 0 Å². The van der Waals surface area contributed by atoms with Crippen LogP contribution in [0.3, 0.4) is 0 Å². The molecule has 0 bridgehead atoms. The average Bonchev–Trinajstić information content (AvgIpc) is 3.23. The highest BCUT2D eigenvalue weighted by Crippen LogP contribution is 2.37. The number of hydrogen-bond acceptors (Lipinski definition) is 3. The summed E-state index contributed by atoms with van der Waals surface area (Å²) < 4.78 is 5.39. The van der Waals surface area contributed by atoms with Gasteiger partial charge in [-0.2, -0.15) is 0 Å². The highest BCUT2D eigenvalue weighted by atomic mass is 32.1. The second-order valence-electron chi connectivity index (χ2n) is 6.47. The van der Waals surface area contributed by atoms with Crippen LogP contribution in [0, 0.1) is 11.3 Å². The van der Waals surface area contributed by atoms with Crippen molar-refractivity contribution in [2.24, 2.45) is 17.1 Å². The molecular formula is C15H26N2O2S. The van der Waals surface area contributed by atoms with Crippen molar-refractivity contribution in [1.29, 1.82) is 0 Å². The van der Waals surface area contributed by atoms with Crippen LogP contribution in [0.15, 0.2) is 0 Å². The minimum absolute atomic E-state index is 0.149. The number of hydrogen-bond donors (Lipinski definition) is 1. The van der Waals surface area contributed by atoms with E-state index in [1.165, 1.54) is 0 Å². The van der Waals surface area contributed by atoms with Gasteiger partial charge in [-0.15, -0.1) is 0 Å². The van der Waals surface area contributed by atoms with Crippen LogP contribution in [-0.4, -0.2) is 41.6 Å². The number of ether oxygens (including phenoxy) is 1. The van der Waals surface area contributed by atoms with Gasteiger partial charge in [-0.25, -0.2) is 0 Å². The fourth-order valence-corrected chi connectivity index (χ4v) is 3.09. The van der Waals surface area contributed by atoms with Gasteiger partial charge in [0.2, 0.25) is 5.91 Å². The number of carbonyl (C=O) groups excluding carboxylic acids is 1. The summed E-state index contributed by atoms with van der Waals surface area (Å²) in [7, 11) is 0. The van der Waals surface area contributed by atoms with E-state index in [0.29, 0.717) is 43.0 Å². The Balaban J connectivity index is 2.13. The van der Waals surface area contributed by atoms with Crippen molar-refractivity contribution in [3.63, 3.8) is 0 Å². The molecule has 1 heterocycles. The Morgan fingerprint density at radius 1 is 1.40 bits per heavy atom. The fraction of sp³-hybridized carbons (Fsp3) is 0.867. The third-order valence-electron chi connectivity index (χ3n) is 4.42. The van der Waals surface area contributed by atoms with Gasteiger partial charge in [0, 0.05) is 25.8 Å². The SMILES string of the molecule is CC(C)CCN(C(=O)C1(C(N)=S)CCOCC1)C1CC1. The minimum Gasteiger partial charge on any atom is -0.392 e. The van der Waals surface area contributed by atoms with Crippen LogP contribution >= 0.6 is 12.2 Å². The Labute approximate surface area is 127 Å². The van der Waals surface area contributed by atoms with Crippen molar-refractivity contribution in [1.82, 2.24) is 4.90 Å². The topological polar surface area (TPSA) is 55.6 Å². The van der Waals surface area contributed by atoms with Crippen molar-refractivity contribution < 1.29 is 9.53 Å². The average molecular weight is 298 g/mol. The Morgan fingerprint density at radius 3 is 2.45 bits per heavy atom. The van der Waals surface area contributed by atoms with E-state index in [4.69, 9.17) is 22.7 Å². The zero-order valence-electron chi connectivity index (χ0n) is 12.6. The van der Waals surface area contributed by atoms with Gasteiger partial charge in [-0.3, -0.25) is 4.79 Å². The molecule has 0 aromatic carbocycles. The molecule has 0 radical (unpaired) electrons. The largest absolute Gasteiger partial charge is 0.392 e. The molecule has 4 nitrogen and oxygen atoms in total. The molecule has 20 heavy (non-hydrogen) atoms. The number of thiocarbonyl (C=S) groups is 1. The molecule has 2 rings (SSSR count). The first-order valence-corrected chi connectivity index (χ1v) is 8.07. The van der Waals surface area contributed by atoms with Crippen molar-refractivity contribution in [3.8, 4) is 0 Å². The molecule has 0 aromatic heterocycles. The minimum atomic E-state index is -0.660. The van der Waals surface area contributed by atoms with Crippen LogP contribution in [-0.2, 0) is 9.53 Å². The highest BCUT2D eigenvalue weighted by molar-refractivity contribution is 7.80. The van der Waals surface area contributed by atoms with Crippen molar-refractivity contribution in [2.75, 3.05) is 19.8 Å². The van der Waals surface area contributed by atoms with Gasteiger partial charge in [-0.05, 0) is 38.0 Å². The Kier molecular flexibility index (Phi) is 5.02. The summed E-state index contributed by atoms with van der Waals surface area (Å²) in [6.45, 7) is 6.35. The monoisotopic (exact) mass is 298 g/mol. The van der Waals surface area contributed by atoms with E-state index in [0.717, 1.165) is 25.8 Å². The van der Waals surface area contributed by atoms with Crippen molar-refractivity contribution in [3.05, 3.63) is 0 Å². The molecule has 1 saturated carbocycles. The lowest BCUT2D eigenvalue weighted by Crippen LogP contribution is -2.54. The molecule has 1 aliphatic heterocycles. The molecule has 114 valence electrons. The summed E-state index contributed by atoms with van der Waals surface area (Å²) >= 11 is 5.24. The maximum Gasteiger partial charge on any atom is 0.236 e. The number of amides is 1. The zero-order valence-corrected chi connectivity index (χ0v) is 13.4. The predicted octanol–water partition coefficient (Wildman–Crippen LogP) is 2.11. The third kappa shape index (κ3) is 3.31. The van der Waals surface area contributed by atoms with Gasteiger partial charge in [0.05, 0.1) is 4.99 Å². The molecule has 2 aliphatic rings. The van der Waals surface area contributed by atoms with E-state index in [1.54, 1.807) is 0 Å². The Morgan fingerprint density at radius 2 is 2.00 bits per heavy atom. The molecule has 2 fully saturated rings. The second kappa shape index (κ2) is 6.39. The van der Waals surface area contributed by atoms with Crippen LogP contribution in [0.4, 0.5) is 0 Å². The number of nitrogens with two attached hydrogens (primary N) is 1. The third-order valence-corrected chi connectivity index (χ3v) is 4.81. The fourth-order valence-electron chi connectivity index (χ4n) is 2.79. The summed E-state index contributed by atoms with van der Waals surface area (Å²) in [5.74, 6) is 0.746. The zero-order chi connectivity index (χ0) is 14.8. The first-order valence-electron chi connectivity index (χ1n) is 7.66. The summed E-state index contributed by atoms with van der Waals surface area (Å²) in [4.78, 5) is 15.5. The van der Waals surface area contributed by atoms with E-state index >= 15 is 0 Å². The number of rotatable bonds is 6. The molecule has 0 aromatic rings. The van der Waals surface area contributed by atoms with E-state index in [2.05, 4.69) is 13.8 Å². The first kappa shape index (κ1) is 15.7. The molecule has 0 spiro atoms. The number of carbonyl (C=O) groups is 1. The standard InChI is InChI=1S/C15H26N2O2S/c1-11(2)5-8-17(12-3-4-12)14(18)15(13(16)20)6-9-19-10-7-15/h11-12H,3-10H2,1-2H3,(H2,16,20). The van der Waals surface area contributed by atoms with Crippen LogP contribution < -0.4 is 5.73 Å². The van der Waals surface area contributed by atoms with E-state index in [1.807, 2.05) is 4.90 Å². The molecule has 2 N–H and O–H groups in total. The van der Waals surface area contributed by atoms with E-state index in [-0.39, 0.29) is 5.91 Å². The summed E-state index contributed by atoms with van der Waals surface area (Å²) in [6, 6.07) is 0.412. The molecule has 1 saturated heterocycles. The van der Waals surface area contributed by atoms with Gasteiger partial charge in [0.25, 0.3) is 0 Å². The van der Waals surface area contributed by atoms with Gasteiger partial charge in [-0.1, -0.05) is 26.1 Å². The Bertz CT molecular complexity index is 374. The maximum absolute atomic E-state index is 13.1. The maximum atomic E-state index is 13.1. The smallest absolute Gasteiger partial charge is 0.236 e. The summed E-state index contributed by atoms with van der Waals surface area (Å²) in [5, 5.41) is 0. The first-order chi connectivity index (χ1) is 9.47. The number of nitrogens with zero attached hydrogens (tertiary/aromatic N) is 1. The summed E-state index contributed by atoms with van der Waals surface area (Å²) in [5.41, 5.74) is 5.29. The van der Waals surface area contributed by atoms with Crippen molar-refractivity contribution >= 4 is 23.1 Å².